The van der Waals surface area contributed by atoms with Crippen LogP contribution in [0.4, 0.5) is 0 Å². The molecule has 1 heterocycles. The molecule has 0 saturated heterocycles. The average molecular weight is 334 g/mol. The van der Waals surface area contributed by atoms with Crippen LogP contribution < -0.4 is 10.2 Å². The van der Waals surface area contributed by atoms with E-state index in [4.69, 9.17) is 4.74 Å². The van der Waals surface area contributed by atoms with Crippen molar-refractivity contribution >= 4 is 28.1 Å². The maximum atomic E-state index is 11.5. The van der Waals surface area contributed by atoms with Crippen molar-refractivity contribution in [2.24, 2.45) is 5.10 Å². The van der Waals surface area contributed by atoms with Gasteiger partial charge < -0.3 is 4.74 Å². The number of aromatic nitrogens is 1. The molecule has 0 atom stereocenters. The highest BCUT2D eigenvalue weighted by Crippen LogP contribution is 2.15. The van der Waals surface area contributed by atoms with Crippen molar-refractivity contribution in [3.05, 3.63) is 58.8 Å². The second kappa shape index (κ2) is 7.40. The number of hydrazone groups is 1. The number of hydrogen-bond acceptors (Lipinski definition) is 4. The van der Waals surface area contributed by atoms with Crippen LogP contribution in [-0.2, 0) is 4.79 Å². The molecule has 0 unspecified atom stereocenters. The Bertz CT molecular complexity index is 585. The van der Waals surface area contributed by atoms with Gasteiger partial charge in [0.2, 0.25) is 0 Å². The first-order chi connectivity index (χ1) is 9.74. The molecule has 102 valence electrons. The number of amides is 1. The summed E-state index contributed by atoms with van der Waals surface area (Å²) in [5, 5.41) is 3.79. The van der Waals surface area contributed by atoms with Gasteiger partial charge in [-0.2, -0.15) is 5.10 Å². The van der Waals surface area contributed by atoms with E-state index in [-0.39, 0.29) is 12.5 Å². The SMILES string of the molecule is O=C(COc1ccc(Br)cc1)N/N=C\c1ccccn1. The summed E-state index contributed by atoms with van der Waals surface area (Å²) in [5.41, 5.74) is 3.04. The molecule has 0 saturated carbocycles. The Morgan fingerprint density at radius 3 is 2.80 bits per heavy atom. The summed E-state index contributed by atoms with van der Waals surface area (Å²) in [4.78, 5) is 15.5. The van der Waals surface area contributed by atoms with Gasteiger partial charge in [0.1, 0.15) is 5.75 Å². The molecule has 0 radical (unpaired) electrons. The number of nitrogens with zero attached hydrogens (tertiary/aromatic N) is 2. The van der Waals surface area contributed by atoms with Crippen molar-refractivity contribution < 1.29 is 9.53 Å². The first-order valence-corrected chi connectivity index (χ1v) is 6.64. The number of ether oxygens (including phenoxy) is 1. The second-order valence-electron chi connectivity index (χ2n) is 3.79. The van der Waals surface area contributed by atoms with E-state index >= 15 is 0 Å². The molecule has 5 nitrogen and oxygen atoms in total. The van der Waals surface area contributed by atoms with Gasteiger partial charge in [0.25, 0.3) is 5.91 Å². The molecule has 0 aliphatic heterocycles. The molecule has 1 aromatic heterocycles. The van der Waals surface area contributed by atoms with Gasteiger partial charge in [-0.05, 0) is 36.4 Å². The third kappa shape index (κ3) is 4.81. The van der Waals surface area contributed by atoms with Gasteiger partial charge in [-0.15, -0.1) is 0 Å². The Kier molecular flexibility index (Phi) is 5.25. The first-order valence-electron chi connectivity index (χ1n) is 5.85. The maximum absolute atomic E-state index is 11.5. The van der Waals surface area contributed by atoms with Crippen molar-refractivity contribution in [1.82, 2.24) is 10.4 Å². The van der Waals surface area contributed by atoms with E-state index in [9.17, 15) is 4.79 Å². The first kappa shape index (κ1) is 14.2. The molecule has 0 bridgehead atoms. The van der Waals surface area contributed by atoms with E-state index in [2.05, 4.69) is 31.4 Å². The van der Waals surface area contributed by atoms with Gasteiger partial charge in [-0.1, -0.05) is 22.0 Å². The lowest BCUT2D eigenvalue weighted by atomic mass is 10.3. The molecule has 1 amide bonds. The highest BCUT2D eigenvalue weighted by atomic mass is 79.9. The highest BCUT2D eigenvalue weighted by molar-refractivity contribution is 9.10. The van der Waals surface area contributed by atoms with Gasteiger partial charge in [0.05, 0.1) is 11.9 Å². The van der Waals surface area contributed by atoms with Crippen LogP contribution in [-0.4, -0.2) is 23.7 Å². The number of nitrogens with one attached hydrogen (secondary N) is 1. The number of hydrogen-bond donors (Lipinski definition) is 1. The summed E-state index contributed by atoms with van der Waals surface area (Å²) < 4.78 is 6.26. The Morgan fingerprint density at radius 1 is 1.30 bits per heavy atom. The summed E-state index contributed by atoms with van der Waals surface area (Å²) in [5.74, 6) is 0.289. The maximum Gasteiger partial charge on any atom is 0.277 e. The minimum atomic E-state index is -0.333. The van der Waals surface area contributed by atoms with Crippen LogP contribution in [0, 0.1) is 0 Å². The van der Waals surface area contributed by atoms with Gasteiger partial charge in [-0.3, -0.25) is 9.78 Å². The predicted octanol–water partition coefficient (Wildman–Crippen LogP) is 2.37. The van der Waals surface area contributed by atoms with Crippen LogP contribution in [0.25, 0.3) is 0 Å². The van der Waals surface area contributed by atoms with E-state index in [0.29, 0.717) is 11.4 Å². The predicted molar refractivity (Wildman–Crippen MR) is 79.6 cm³/mol. The van der Waals surface area contributed by atoms with Crippen LogP contribution in [0.5, 0.6) is 5.75 Å². The third-order valence-corrected chi connectivity index (χ3v) is 2.79. The molecule has 2 aromatic rings. The van der Waals surface area contributed by atoms with Crippen molar-refractivity contribution in [2.75, 3.05) is 6.61 Å². The summed E-state index contributed by atoms with van der Waals surface area (Å²) in [6.45, 7) is -0.0960. The topological polar surface area (TPSA) is 63.6 Å². The van der Waals surface area contributed by atoms with Crippen molar-refractivity contribution in [2.45, 2.75) is 0 Å². The highest BCUT2D eigenvalue weighted by Gasteiger charge is 2.01. The van der Waals surface area contributed by atoms with E-state index in [1.807, 2.05) is 24.3 Å². The van der Waals surface area contributed by atoms with E-state index in [1.54, 1.807) is 24.4 Å². The molecule has 1 N–H and O–H groups in total. The number of carbonyl (C=O) groups is 1. The summed E-state index contributed by atoms with van der Waals surface area (Å²) in [6, 6.07) is 12.7. The normalized spacial score (nSPS) is 10.4. The van der Waals surface area contributed by atoms with Crippen LogP contribution in [0.1, 0.15) is 5.69 Å². The molecular weight excluding hydrogens is 322 g/mol. The van der Waals surface area contributed by atoms with Crippen molar-refractivity contribution in [1.29, 1.82) is 0 Å². The average Bonchev–Trinajstić information content (AvgIpc) is 2.48. The van der Waals surface area contributed by atoms with E-state index < -0.39 is 0 Å². The standard InChI is InChI=1S/C14H12BrN3O2/c15-11-4-6-13(7-5-11)20-10-14(19)18-17-9-12-3-1-2-8-16-12/h1-9H,10H2,(H,18,19)/b17-9-. The fourth-order valence-corrected chi connectivity index (χ4v) is 1.60. The Morgan fingerprint density at radius 2 is 2.10 bits per heavy atom. The van der Waals surface area contributed by atoms with Crippen LogP contribution in [0.2, 0.25) is 0 Å². The van der Waals surface area contributed by atoms with Gasteiger partial charge in [0.15, 0.2) is 6.61 Å². The molecule has 2 rings (SSSR count). The van der Waals surface area contributed by atoms with Gasteiger partial charge in [-0.25, -0.2) is 5.43 Å². The van der Waals surface area contributed by atoms with Gasteiger partial charge in [0, 0.05) is 10.7 Å². The molecule has 0 aliphatic carbocycles. The number of halogens is 1. The minimum Gasteiger partial charge on any atom is -0.484 e. The molecule has 6 heteroatoms. The largest absolute Gasteiger partial charge is 0.484 e. The summed E-state index contributed by atoms with van der Waals surface area (Å²) in [6.07, 6.45) is 3.12. The summed E-state index contributed by atoms with van der Waals surface area (Å²) >= 11 is 3.32. The second-order valence-corrected chi connectivity index (χ2v) is 4.71. The molecule has 0 fully saturated rings. The lowest BCUT2D eigenvalue weighted by Crippen LogP contribution is -2.24. The summed E-state index contributed by atoms with van der Waals surface area (Å²) in [7, 11) is 0. The molecule has 20 heavy (non-hydrogen) atoms. The van der Waals surface area contributed by atoms with Crippen LogP contribution >= 0.6 is 15.9 Å². The minimum absolute atomic E-state index is 0.0960. The number of rotatable bonds is 5. The van der Waals surface area contributed by atoms with E-state index in [1.165, 1.54) is 6.21 Å². The zero-order valence-electron chi connectivity index (χ0n) is 10.5. The zero-order valence-corrected chi connectivity index (χ0v) is 12.1. The Hall–Kier alpha value is -2.21. The van der Waals surface area contributed by atoms with Gasteiger partial charge >= 0.3 is 0 Å². The molecule has 0 aliphatic rings. The Balaban J connectivity index is 1.76. The van der Waals surface area contributed by atoms with Crippen molar-refractivity contribution in [3.8, 4) is 5.75 Å². The Labute approximate surface area is 124 Å². The fraction of sp³-hybridized carbons (Fsp3) is 0.0714. The lowest BCUT2D eigenvalue weighted by Gasteiger charge is -2.04. The molecular formula is C14H12BrN3O2. The number of pyridine rings is 1. The van der Waals surface area contributed by atoms with E-state index in [0.717, 1.165) is 4.47 Å². The third-order valence-electron chi connectivity index (χ3n) is 2.26. The molecule has 1 aromatic carbocycles. The smallest absolute Gasteiger partial charge is 0.277 e. The number of benzene rings is 1. The number of carbonyl (C=O) groups excluding carboxylic acids is 1. The lowest BCUT2D eigenvalue weighted by molar-refractivity contribution is -0.123. The quantitative estimate of drug-likeness (QED) is 0.674. The molecule has 0 spiro atoms. The van der Waals surface area contributed by atoms with Crippen LogP contribution in [0.3, 0.4) is 0 Å². The zero-order chi connectivity index (χ0) is 14.2. The van der Waals surface area contributed by atoms with Crippen LogP contribution in [0.15, 0.2) is 58.2 Å². The fourth-order valence-electron chi connectivity index (χ4n) is 1.33. The van der Waals surface area contributed by atoms with Crippen molar-refractivity contribution in [3.63, 3.8) is 0 Å². The monoisotopic (exact) mass is 333 g/mol.